The molecule has 2 rings (SSSR count). The van der Waals surface area contributed by atoms with Gasteiger partial charge in [-0.25, -0.2) is 17.6 Å². The van der Waals surface area contributed by atoms with Crippen molar-refractivity contribution in [2.75, 3.05) is 5.73 Å². The van der Waals surface area contributed by atoms with Gasteiger partial charge in [0.05, 0.1) is 0 Å². The lowest BCUT2D eigenvalue weighted by molar-refractivity contribution is 0.151. The molecule has 0 saturated heterocycles. The SMILES string of the molecule is Nc1cc(-c2ccc(F)cc2F)cc(C(F)F)c1. The first-order valence-corrected chi connectivity index (χ1v) is 5.11. The molecule has 0 aliphatic carbocycles. The lowest BCUT2D eigenvalue weighted by Crippen LogP contribution is -1.93. The van der Waals surface area contributed by atoms with E-state index in [-0.39, 0.29) is 22.4 Å². The van der Waals surface area contributed by atoms with Gasteiger partial charge in [-0.1, -0.05) is 0 Å². The third-order valence-corrected chi connectivity index (χ3v) is 2.47. The second kappa shape index (κ2) is 4.68. The number of alkyl halides is 2. The van der Waals surface area contributed by atoms with Gasteiger partial charge >= 0.3 is 0 Å². The van der Waals surface area contributed by atoms with Crippen molar-refractivity contribution in [2.45, 2.75) is 6.43 Å². The Bertz CT molecular complexity index is 581. The second-order valence-electron chi connectivity index (χ2n) is 3.81. The van der Waals surface area contributed by atoms with E-state index < -0.39 is 18.1 Å². The number of anilines is 1. The topological polar surface area (TPSA) is 26.0 Å². The average Bonchev–Trinajstić information content (AvgIpc) is 2.27. The van der Waals surface area contributed by atoms with E-state index in [0.29, 0.717) is 6.07 Å². The Morgan fingerprint density at radius 3 is 2.28 bits per heavy atom. The van der Waals surface area contributed by atoms with Crippen molar-refractivity contribution in [3.63, 3.8) is 0 Å². The van der Waals surface area contributed by atoms with Gasteiger partial charge in [0.15, 0.2) is 0 Å². The standard InChI is InChI=1S/C13H9F4N/c14-9-1-2-11(12(15)6-9)7-3-8(13(16)17)5-10(18)4-7/h1-6,13H,18H2. The molecular weight excluding hydrogens is 246 g/mol. The molecule has 0 amide bonds. The van der Waals surface area contributed by atoms with Gasteiger partial charge in [0.2, 0.25) is 0 Å². The van der Waals surface area contributed by atoms with E-state index in [0.717, 1.165) is 18.2 Å². The van der Waals surface area contributed by atoms with E-state index in [4.69, 9.17) is 5.73 Å². The van der Waals surface area contributed by atoms with Crippen LogP contribution in [0.5, 0.6) is 0 Å². The summed E-state index contributed by atoms with van der Waals surface area (Å²) in [5.74, 6) is -1.55. The van der Waals surface area contributed by atoms with Crippen LogP contribution in [0.4, 0.5) is 23.2 Å². The summed E-state index contributed by atoms with van der Waals surface area (Å²) in [4.78, 5) is 0. The molecule has 0 heterocycles. The second-order valence-corrected chi connectivity index (χ2v) is 3.81. The first kappa shape index (κ1) is 12.4. The number of hydrogen-bond donors (Lipinski definition) is 1. The van der Waals surface area contributed by atoms with Crippen LogP contribution in [0.15, 0.2) is 36.4 Å². The van der Waals surface area contributed by atoms with Crippen LogP contribution in [-0.4, -0.2) is 0 Å². The van der Waals surface area contributed by atoms with Crippen molar-refractivity contribution in [3.05, 3.63) is 53.6 Å². The monoisotopic (exact) mass is 255 g/mol. The minimum atomic E-state index is -2.70. The molecule has 0 aliphatic heterocycles. The molecule has 94 valence electrons. The van der Waals surface area contributed by atoms with Gasteiger partial charge in [0.1, 0.15) is 11.6 Å². The molecule has 0 bridgehead atoms. The fourth-order valence-corrected chi connectivity index (χ4v) is 1.68. The third kappa shape index (κ3) is 2.45. The lowest BCUT2D eigenvalue weighted by Gasteiger charge is -2.08. The first-order valence-electron chi connectivity index (χ1n) is 5.11. The molecule has 0 aliphatic rings. The molecule has 0 saturated carbocycles. The van der Waals surface area contributed by atoms with Crippen LogP contribution in [-0.2, 0) is 0 Å². The van der Waals surface area contributed by atoms with Crippen LogP contribution in [0.25, 0.3) is 11.1 Å². The number of halogens is 4. The van der Waals surface area contributed by atoms with Gasteiger partial charge in [-0.2, -0.15) is 0 Å². The van der Waals surface area contributed by atoms with E-state index in [1.54, 1.807) is 0 Å². The molecule has 0 aromatic heterocycles. The quantitative estimate of drug-likeness (QED) is 0.633. The minimum absolute atomic E-state index is 0.0330. The van der Waals surface area contributed by atoms with Gasteiger partial charge < -0.3 is 5.73 Å². The maximum atomic E-state index is 13.5. The van der Waals surface area contributed by atoms with E-state index in [9.17, 15) is 17.6 Å². The Kier molecular flexibility index (Phi) is 3.23. The van der Waals surface area contributed by atoms with Crippen LogP contribution in [0.2, 0.25) is 0 Å². The lowest BCUT2D eigenvalue weighted by atomic mass is 10.0. The van der Waals surface area contributed by atoms with Crippen molar-refractivity contribution in [1.82, 2.24) is 0 Å². The zero-order valence-electron chi connectivity index (χ0n) is 9.13. The molecule has 0 radical (unpaired) electrons. The summed E-state index contributed by atoms with van der Waals surface area (Å²) in [6, 6.07) is 6.56. The summed E-state index contributed by atoms with van der Waals surface area (Å²) in [6.07, 6.45) is -2.70. The van der Waals surface area contributed by atoms with Crippen LogP contribution in [0, 0.1) is 11.6 Å². The zero-order valence-corrected chi connectivity index (χ0v) is 9.13. The number of nitrogen functional groups attached to an aromatic ring is 1. The molecule has 0 spiro atoms. The molecule has 0 fully saturated rings. The summed E-state index contributed by atoms with van der Waals surface area (Å²) in [5.41, 5.74) is 5.52. The molecule has 2 aromatic carbocycles. The van der Waals surface area contributed by atoms with Gasteiger partial charge in [0.25, 0.3) is 6.43 Å². The van der Waals surface area contributed by atoms with E-state index in [2.05, 4.69) is 0 Å². The summed E-state index contributed by atoms with van der Waals surface area (Å²) in [5, 5.41) is 0. The van der Waals surface area contributed by atoms with Crippen molar-refractivity contribution < 1.29 is 17.6 Å². The average molecular weight is 255 g/mol. The summed E-state index contributed by atoms with van der Waals surface area (Å²) in [7, 11) is 0. The Balaban J connectivity index is 2.56. The smallest absolute Gasteiger partial charge is 0.263 e. The third-order valence-electron chi connectivity index (χ3n) is 2.47. The fraction of sp³-hybridized carbons (Fsp3) is 0.0769. The maximum absolute atomic E-state index is 13.5. The maximum Gasteiger partial charge on any atom is 0.263 e. The van der Waals surface area contributed by atoms with E-state index >= 15 is 0 Å². The number of hydrogen-bond acceptors (Lipinski definition) is 1. The molecule has 2 aromatic rings. The van der Waals surface area contributed by atoms with Gasteiger partial charge in [-0.15, -0.1) is 0 Å². The van der Waals surface area contributed by atoms with Gasteiger partial charge in [-0.05, 0) is 35.9 Å². The highest BCUT2D eigenvalue weighted by atomic mass is 19.3. The molecule has 5 heteroatoms. The van der Waals surface area contributed by atoms with Crippen molar-refractivity contribution >= 4 is 5.69 Å². The largest absolute Gasteiger partial charge is 0.399 e. The molecule has 2 N–H and O–H groups in total. The normalized spacial score (nSPS) is 10.9. The predicted molar refractivity (Wildman–Crippen MR) is 61.2 cm³/mol. The van der Waals surface area contributed by atoms with Gasteiger partial charge in [-0.3, -0.25) is 0 Å². The van der Waals surface area contributed by atoms with Crippen molar-refractivity contribution in [1.29, 1.82) is 0 Å². The highest BCUT2D eigenvalue weighted by Gasteiger charge is 2.12. The highest BCUT2D eigenvalue weighted by Crippen LogP contribution is 2.30. The number of nitrogens with two attached hydrogens (primary N) is 1. The minimum Gasteiger partial charge on any atom is -0.399 e. The Labute approximate surface area is 101 Å². The van der Waals surface area contributed by atoms with Crippen LogP contribution < -0.4 is 5.73 Å². The zero-order chi connectivity index (χ0) is 13.3. The number of benzene rings is 2. The van der Waals surface area contributed by atoms with Crippen LogP contribution in [0.1, 0.15) is 12.0 Å². The van der Waals surface area contributed by atoms with Crippen molar-refractivity contribution in [2.24, 2.45) is 0 Å². The summed E-state index contributed by atoms with van der Waals surface area (Å²) in [6.45, 7) is 0. The van der Waals surface area contributed by atoms with E-state index in [1.807, 2.05) is 0 Å². The first-order chi connectivity index (χ1) is 8.47. The molecule has 0 unspecified atom stereocenters. The Morgan fingerprint density at radius 1 is 0.944 bits per heavy atom. The summed E-state index contributed by atoms with van der Waals surface area (Å²) >= 11 is 0. The summed E-state index contributed by atoms with van der Waals surface area (Å²) < 4.78 is 51.5. The van der Waals surface area contributed by atoms with E-state index in [1.165, 1.54) is 12.1 Å². The van der Waals surface area contributed by atoms with Gasteiger partial charge in [0, 0.05) is 22.9 Å². The molecule has 0 atom stereocenters. The van der Waals surface area contributed by atoms with Crippen molar-refractivity contribution in [3.8, 4) is 11.1 Å². The molecule has 18 heavy (non-hydrogen) atoms. The van der Waals surface area contributed by atoms with Crippen LogP contribution in [0.3, 0.4) is 0 Å². The highest BCUT2D eigenvalue weighted by molar-refractivity contribution is 5.69. The molecule has 1 nitrogen and oxygen atoms in total. The fourth-order valence-electron chi connectivity index (χ4n) is 1.68. The Hall–Kier alpha value is -2.04. The van der Waals surface area contributed by atoms with Crippen LogP contribution >= 0.6 is 0 Å². The predicted octanol–water partition coefficient (Wildman–Crippen LogP) is 4.15. The molecular formula is C13H9F4N. The Morgan fingerprint density at radius 2 is 1.67 bits per heavy atom. The number of rotatable bonds is 2.